The zero-order chi connectivity index (χ0) is 76.4. The largest absolute Gasteiger partial charge is 0.215 e. The average molecular weight is 1070 g/mol. The normalized spacial score (nSPS) is 15.1. The minimum absolute atomic E-state index is 0.0226. The highest BCUT2D eigenvalue weighted by Gasteiger charge is 2.18. The number of hydrogen-bond donors (Lipinski definition) is 0. The standard InChI is InChI=1S/C16H20N.2C15H18N.2C14H16N/c1-11-6-7-15(13(3)8-11)16-9-12(2)14(4)10-17(16)5;1-11-9-13(3)15(16(4)10-11)14-8-6-5-7-12(14)2;1-11-7-5-6-8-14(11)15-9-12(2)13(3)10-16(15)4;2*1-11-8-9-15(3)14(10-11)13-7-5-4-6-12(13)2/h6-10H,1-5H3;2*5-10H,1-4H3;2*4-10H,1-3H3/q5*+1/i1D3,4D3,9D,10D;1D3,9D,10D;3D3,9D,10D;8D,9D,10D;9D. The Morgan fingerprint density at radius 1 is 0.291 bits per heavy atom. The summed E-state index contributed by atoms with van der Waals surface area (Å²) < 4.78 is 180. The number of aryl methyl sites for hydroxylation is 7. The monoisotopic (exact) mass is 1070 g/mol. The third-order valence-corrected chi connectivity index (χ3v) is 13.2. The van der Waals surface area contributed by atoms with E-state index >= 15 is 0 Å². The van der Waals surface area contributed by atoms with Crippen molar-refractivity contribution in [3.8, 4) is 56.3 Å². The summed E-state index contributed by atoms with van der Waals surface area (Å²) in [6.07, 6.45) is 0.299. The number of aromatic nitrogens is 5. The van der Waals surface area contributed by atoms with Crippen molar-refractivity contribution < 1.29 is 53.0 Å². The van der Waals surface area contributed by atoms with Crippen LogP contribution in [0.5, 0.6) is 0 Å². The molecule has 79 heavy (non-hydrogen) atoms. The maximum absolute atomic E-state index is 8.40. The second-order valence-corrected chi connectivity index (χ2v) is 19.7. The lowest BCUT2D eigenvalue weighted by Crippen LogP contribution is -2.32. The molecule has 0 aliphatic heterocycles. The third-order valence-electron chi connectivity index (χ3n) is 13.2. The molecule has 5 aromatic carbocycles. The van der Waals surface area contributed by atoms with Crippen LogP contribution >= 0.6 is 0 Å². The first-order valence-corrected chi connectivity index (χ1v) is 25.9. The number of rotatable bonds is 5. The van der Waals surface area contributed by atoms with Gasteiger partial charge in [-0.05, 0) is 183 Å². The molecule has 0 radical (unpaired) electrons. The van der Waals surface area contributed by atoms with Crippen LogP contribution in [0.4, 0.5) is 0 Å². The van der Waals surface area contributed by atoms with Crippen LogP contribution in [0.1, 0.15) is 108 Å². The molecule has 404 valence electrons. The number of benzene rings is 5. The van der Waals surface area contributed by atoms with E-state index in [9.17, 15) is 0 Å². The van der Waals surface area contributed by atoms with Gasteiger partial charge in [0.1, 0.15) is 42.1 Å². The van der Waals surface area contributed by atoms with Crippen LogP contribution in [-0.4, -0.2) is 0 Å². The molecular formula is C74H88N5+5. The molecule has 0 fully saturated rings. The van der Waals surface area contributed by atoms with E-state index in [-0.39, 0.29) is 76.7 Å². The quantitative estimate of drug-likeness (QED) is 0.153. The Bertz CT molecular complexity index is 4540. The van der Waals surface area contributed by atoms with Crippen molar-refractivity contribution in [3.05, 3.63) is 266 Å². The SMILES string of the molecule is [2H]c1c(C)c(-c2ccccc2C)[n+](C)c([2H])c1C([2H])([2H])[2H].[2H]c1c(C)c(C([2H])([2H])[2H])c([2H])[n+](C)c1-c1ccc(C([2H])([2H])[2H])cc1C.[2H]c1c(C)c(C([2H])([2H])[2H])c([2H])[n+](C)c1-c1ccccc1C.[2H]c1c(C)c([2H])c(-c2ccccc2C)[n+](C)c1[2H].[2H]c1cc(C)cc(-c2ccccc2C)[n+]1C. The minimum atomic E-state index is -2.48. The second-order valence-electron chi connectivity index (χ2n) is 19.7. The van der Waals surface area contributed by atoms with Crippen LogP contribution < -0.4 is 22.8 Å². The van der Waals surface area contributed by atoms with E-state index < -0.39 is 27.4 Å². The van der Waals surface area contributed by atoms with E-state index in [2.05, 4.69) is 25.1 Å². The fraction of sp³-hybridized carbons (Fsp3) is 0.257. The molecule has 0 atom stereocenters. The van der Waals surface area contributed by atoms with Gasteiger partial charge in [0, 0.05) is 103 Å². The van der Waals surface area contributed by atoms with E-state index in [1.54, 1.807) is 77.2 Å². The summed E-state index contributed by atoms with van der Waals surface area (Å²) in [7, 11) is 8.52. The number of pyridine rings is 5. The highest BCUT2D eigenvalue weighted by molar-refractivity contribution is 5.66. The molecule has 5 heterocycles. The first kappa shape index (κ1) is 36.1. The number of hydrogen-bond acceptors (Lipinski definition) is 0. The molecule has 0 aliphatic carbocycles. The maximum Gasteiger partial charge on any atom is 0.215 e. The molecule has 0 saturated heterocycles. The summed E-state index contributed by atoms with van der Waals surface area (Å²) in [6.45, 7) is 8.78. The molecule has 10 aromatic rings. The summed E-state index contributed by atoms with van der Waals surface area (Å²) >= 11 is 0. The molecule has 0 N–H and O–H groups in total. The van der Waals surface area contributed by atoms with Crippen molar-refractivity contribution in [1.29, 1.82) is 0 Å². The lowest BCUT2D eigenvalue weighted by molar-refractivity contribution is -0.661. The van der Waals surface area contributed by atoms with Crippen molar-refractivity contribution in [2.24, 2.45) is 35.2 Å². The summed E-state index contributed by atoms with van der Waals surface area (Å²) in [5.74, 6) is 0. The van der Waals surface area contributed by atoms with Gasteiger partial charge >= 0.3 is 0 Å². The molecule has 0 saturated carbocycles. The zero-order valence-electron chi connectivity index (χ0n) is 70.4. The maximum atomic E-state index is 8.40. The Labute approximate surface area is 506 Å². The van der Waals surface area contributed by atoms with Gasteiger partial charge in [-0.15, -0.1) is 0 Å². The fourth-order valence-corrected chi connectivity index (χ4v) is 8.84. The first-order valence-electron chi connectivity index (χ1n) is 36.9. The molecule has 0 unspecified atom stereocenters. The highest BCUT2D eigenvalue weighted by atomic mass is 14.9. The Morgan fingerprint density at radius 2 is 0.734 bits per heavy atom. The van der Waals surface area contributed by atoms with E-state index in [4.69, 9.17) is 30.2 Å². The molecule has 10 rings (SSSR count). The van der Waals surface area contributed by atoms with Crippen LogP contribution in [0.3, 0.4) is 0 Å². The van der Waals surface area contributed by atoms with Gasteiger partial charge in [0.05, 0.1) is 6.85 Å². The van der Waals surface area contributed by atoms with Gasteiger partial charge in [-0.25, -0.2) is 22.8 Å². The van der Waals surface area contributed by atoms with Crippen LogP contribution in [0, 0.1) is 96.6 Å². The van der Waals surface area contributed by atoms with E-state index in [0.29, 0.717) is 57.1 Å². The molecular weight excluding hydrogens is 959 g/mol. The van der Waals surface area contributed by atoms with Crippen LogP contribution in [0.25, 0.3) is 56.3 Å². The topological polar surface area (TPSA) is 19.4 Å². The Balaban J connectivity index is 0.000000200. The van der Waals surface area contributed by atoms with Crippen molar-refractivity contribution in [2.45, 2.75) is 96.6 Å². The van der Waals surface area contributed by atoms with Gasteiger partial charge in [0.15, 0.2) is 30.9 Å². The molecule has 0 bridgehead atoms. The van der Waals surface area contributed by atoms with Gasteiger partial charge in [-0.3, -0.25) is 0 Å². The second kappa shape index (κ2) is 27.4. The summed E-state index contributed by atoms with van der Waals surface area (Å²) in [4.78, 5) is 0. The Kier molecular flexibility index (Phi) is 12.5. The van der Waals surface area contributed by atoms with Crippen molar-refractivity contribution >= 4 is 0 Å². The van der Waals surface area contributed by atoms with Crippen LogP contribution in [0.15, 0.2) is 188 Å². The van der Waals surface area contributed by atoms with Gasteiger partial charge in [0.2, 0.25) is 28.5 Å². The average Bonchev–Trinajstić information content (AvgIpc) is 0.766. The van der Waals surface area contributed by atoms with E-state index in [0.717, 1.165) is 50.3 Å². The third kappa shape index (κ3) is 15.8. The lowest BCUT2D eigenvalue weighted by atomic mass is 10.0. The van der Waals surface area contributed by atoms with E-state index in [1.807, 2.05) is 130 Å². The first-order chi connectivity index (χ1) is 46.6. The van der Waals surface area contributed by atoms with Crippen LogP contribution in [0.2, 0.25) is 0 Å². The fourth-order valence-electron chi connectivity index (χ4n) is 8.84. The summed E-state index contributed by atoms with van der Waals surface area (Å²) in [6, 6.07) is 40.6. The molecule has 5 aromatic heterocycles. The molecule has 0 aliphatic rings. The molecule has 5 heteroatoms. The Hall–Kier alpha value is -8.15. The van der Waals surface area contributed by atoms with Gasteiger partial charge in [0.25, 0.3) is 0 Å². The zero-order valence-corrected chi connectivity index (χ0v) is 48.4. The van der Waals surface area contributed by atoms with Gasteiger partial charge in [-0.1, -0.05) is 90.5 Å². The summed E-state index contributed by atoms with van der Waals surface area (Å²) in [5.41, 5.74) is 15.6. The number of nitrogens with zero attached hydrogens (tertiary/aromatic N) is 5. The highest BCUT2D eigenvalue weighted by Crippen LogP contribution is 2.26. The van der Waals surface area contributed by atoms with Gasteiger partial charge in [-0.2, -0.15) is 0 Å². The predicted molar refractivity (Wildman–Crippen MR) is 332 cm³/mol. The molecule has 0 amide bonds. The molecule has 5 nitrogen and oxygen atoms in total. The molecule has 0 spiro atoms. The van der Waals surface area contributed by atoms with Crippen molar-refractivity contribution in [3.63, 3.8) is 0 Å². The van der Waals surface area contributed by atoms with E-state index in [1.165, 1.54) is 33.3 Å². The minimum Gasteiger partial charge on any atom is -0.201 e. The Morgan fingerprint density at radius 3 is 1.20 bits per heavy atom. The van der Waals surface area contributed by atoms with Crippen LogP contribution in [-0.2, 0) is 35.2 Å². The van der Waals surface area contributed by atoms with Crippen molar-refractivity contribution in [1.82, 2.24) is 0 Å². The summed E-state index contributed by atoms with van der Waals surface area (Å²) in [5, 5.41) is 0. The smallest absolute Gasteiger partial charge is 0.201 e. The van der Waals surface area contributed by atoms with Crippen molar-refractivity contribution in [2.75, 3.05) is 0 Å². The van der Waals surface area contributed by atoms with Gasteiger partial charge < -0.3 is 0 Å². The lowest BCUT2D eigenvalue weighted by Gasteiger charge is -2.07. The predicted octanol–water partition coefficient (Wildman–Crippen LogP) is 15.2.